The number of piperidine rings is 1. The van der Waals surface area contributed by atoms with E-state index in [9.17, 15) is 4.79 Å². The van der Waals surface area contributed by atoms with E-state index in [2.05, 4.69) is 46.0 Å². The van der Waals surface area contributed by atoms with Gasteiger partial charge in [0.1, 0.15) is 5.75 Å². The van der Waals surface area contributed by atoms with Crippen molar-refractivity contribution in [2.24, 2.45) is 7.05 Å². The van der Waals surface area contributed by atoms with E-state index in [1.807, 2.05) is 48.8 Å². The van der Waals surface area contributed by atoms with Crippen molar-refractivity contribution in [3.8, 4) is 5.75 Å². The lowest BCUT2D eigenvalue weighted by atomic mass is 10.1. The third kappa shape index (κ3) is 8.26. The molecule has 1 saturated heterocycles. The summed E-state index contributed by atoms with van der Waals surface area (Å²) in [6.45, 7) is 9.69. The number of aromatic nitrogens is 2. The number of ether oxygens (including phenoxy) is 2. The van der Waals surface area contributed by atoms with Gasteiger partial charge in [-0.15, -0.1) is 0 Å². The van der Waals surface area contributed by atoms with Crippen LogP contribution < -0.4 is 10.3 Å². The molecule has 2 aromatic heterocycles. The fourth-order valence-electron chi connectivity index (χ4n) is 5.50. The van der Waals surface area contributed by atoms with Gasteiger partial charge in [0.2, 0.25) is 0 Å². The predicted octanol–water partition coefficient (Wildman–Crippen LogP) is 5.19. The van der Waals surface area contributed by atoms with Gasteiger partial charge >= 0.3 is 0 Å². The number of fused-ring (bicyclic) bond motifs is 1. The van der Waals surface area contributed by atoms with Gasteiger partial charge in [-0.3, -0.25) is 14.7 Å². The second-order valence-electron chi connectivity index (χ2n) is 11.1. The molecule has 1 aliphatic rings. The molecule has 216 valence electrons. The van der Waals surface area contributed by atoms with Crippen LogP contribution in [0.1, 0.15) is 36.0 Å². The zero-order valence-electron chi connectivity index (χ0n) is 24.4. The van der Waals surface area contributed by atoms with Crippen molar-refractivity contribution in [2.45, 2.75) is 45.4 Å². The molecule has 0 aliphatic carbocycles. The smallest absolute Gasteiger partial charge is 0.250 e. The highest BCUT2D eigenvalue weighted by atomic mass is 16.5. The van der Waals surface area contributed by atoms with Crippen LogP contribution in [0, 0.1) is 6.92 Å². The van der Waals surface area contributed by atoms with E-state index in [0.29, 0.717) is 19.3 Å². The number of rotatable bonds is 13. The molecule has 0 N–H and O–H groups in total. The summed E-state index contributed by atoms with van der Waals surface area (Å²) in [4.78, 5) is 21.1. The van der Waals surface area contributed by atoms with Crippen LogP contribution in [0.2, 0.25) is 0 Å². The Hall–Kier alpha value is -3.52. The van der Waals surface area contributed by atoms with Crippen molar-refractivity contribution in [3.05, 3.63) is 106 Å². The second-order valence-corrected chi connectivity index (χ2v) is 11.1. The van der Waals surface area contributed by atoms with E-state index in [0.717, 1.165) is 75.2 Å². The number of benzene rings is 2. The lowest BCUT2D eigenvalue weighted by molar-refractivity contribution is -0.00400. The quantitative estimate of drug-likeness (QED) is 0.212. The number of likely N-dealkylation sites (tertiary alicyclic amines) is 1. The van der Waals surface area contributed by atoms with Gasteiger partial charge in [0.05, 0.1) is 24.8 Å². The van der Waals surface area contributed by atoms with E-state index < -0.39 is 0 Å². The van der Waals surface area contributed by atoms with E-state index in [-0.39, 0.29) is 5.56 Å². The molecule has 1 fully saturated rings. The minimum Gasteiger partial charge on any atom is -0.494 e. The van der Waals surface area contributed by atoms with Crippen LogP contribution in [0.15, 0.2) is 83.9 Å². The molecule has 7 nitrogen and oxygen atoms in total. The van der Waals surface area contributed by atoms with E-state index in [1.54, 1.807) is 17.7 Å². The second kappa shape index (κ2) is 14.4. The molecule has 0 bridgehead atoms. The lowest BCUT2D eigenvalue weighted by Gasteiger charge is -2.33. The van der Waals surface area contributed by atoms with Crippen molar-refractivity contribution in [1.29, 1.82) is 0 Å². The fourth-order valence-corrected chi connectivity index (χ4v) is 5.50. The molecule has 4 aromatic rings. The van der Waals surface area contributed by atoms with Crippen LogP contribution in [0.4, 0.5) is 0 Å². The molecule has 0 spiro atoms. The molecule has 7 heteroatoms. The predicted molar refractivity (Wildman–Crippen MR) is 164 cm³/mol. The van der Waals surface area contributed by atoms with Crippen molar-refractivity contribution >= 4 is 10.9 Å². The van der Waals surface area contributed by atoms with Gasteiger partial charge in [-0.2, -0.15) is 0 Å². The van der Waals surface area contributed by atoms with Gasteiger partial charge in [-0.05, 0) is 79.3 Å². The van der Waals surface area contributed by atoms with Crippen LogP contribution in [0.25, 0.3) is 10.9 Å². The summed E-state index contributed by atoms with van der Waals surface area (Å²) in [6, 6.07) is 22.1. The first-order chi connectivity index (χ1) is 20.0. The molecule has 0 unspecified atom stereocenters. The summed E-state index contributed by atoms with van der Waals surface area (Å²) in [7, 11) is 1.80. The van der Waals surface area contributed by atoms with Crippen LogP contribution in [0.5, 0.6) is 5.75 Å². The Morgan fingerprint density at radius 3 is 2.59 bits per heavy atom. The highest BCUT2D eigenvalue weighted by molar-refractivity contribution is 5.80. The third-order valence-electron chi connectivity index (χ3n) is 8.14. The topological polar surface area (TPSA) is 59.8 Å². The standard InChI is InChI=1S/C34H42N4O3/c1-27-6-3-4-7-30(27)25-38(18-5-23-40-32-9-10-33-29(24-32)8-11-34(39)36(33)2)22-21-37-19-14-31(15-20-37)41-26-28-12-16-35-17-13-28/h3-4,6-13,16-17,24,31H,5,14-15,18-23,25-26H2,1-2H3. The Balaban J connectivity index is 1.10. The molecule has 2 aromatic carbocycles. The number of aryl methyl sites for hydroxylation is 2. The Kier molecular flexibility index (Phi) is 10.2. The Bertz CT molecular complexity index is 1450. The van der Waals surface area contributed by atoms with Gasteiger partial charge in [-0.25, -0.2) is 0 Å². The van der Waals surface area contributed by atoms with E-state index in [1.165, 1.54) is 16.7 Å². The maximum atomic E-state index is 11.9. The average molecular weight is 555 g/mol. The van der Waals surface area contributed by atoms with Crippen molar-refractivity contribution in [2.75, 3.05) is 39.3 Å². The van der Waals surface area contributed by atoms with Gasteiger partial charge in [0, 0.05) is 70.2 Å². The summed E-state index contributed by atoms with van der Waals surface area (Å²) in [6.07, 6.45) is 7.09. The molecule has 0 amide bonds. The molecule has 0 atom stereocenters. The number of nitrogens with zero attached hydrogens (tertiary/aromatic N) is 4. The van der Waals surface area contributed by atoms with E-state index >= 15 is 0 Å². The molecule has 0 saturated carbocycles. The number of hydrogen-bond acceptors (Lipinski definition) is 6. The molecule has 3 heterocycles. The summed E-state index contributed by atoms with van der Waals surface area (Å²) in [5.41, 5.74) is 4.83. The van der Waals surface area contributed by atoms with Crippen LogP contribution in [0.3, 0.4) is 0 Å². The molecule has 0 radical (unpaired) electrons. The summed E-state index contributed by atoms with van der Waals surface area (Å²) >= 11 is 0. The maximum Gasteiger partial charge on any atom is 0.250 e. The van der Waals surface area contributed by atoms with Crippen molar-refractivity contribution in [1.82, 2.24) is 19.4 Å². The summed E-state index contributed by atoms with van der Waals surface area (Å²) in [5.74, 6) is 0.843. The molecule has 1 aliphatic heterocycles. The first-order valence-corrected chi connectivity index (χ1v) is 14.8. The first kappa shape index (κ1) is 29.0. The normalized spacial score (nSPS) is 14.6. The Labute approximate surface area is 243 Å². The molecule has 41 heavy (non-hydrogen) atoms. The Morgan fingerprint density at radius 1 is 0.976 bits per heavy atom. The largest absolute Gasteiger partial charge is 0.494 e. The number of pyridine rings is 2. The minimum atomic E-state index is -0.00127. The van der Waals surface area contributed by atoms with Crippen LogP contribution in [-0.4, -0.2) is 64.8 Å². The zero-order chi connectivity index (χ0) is 28.4. The molecule has 5 rings (SSSR count). The van der Waals surface area contributed by atoms with Gasteiger partial charge in [0.25, 0.3) is 5.56 Å². The van der Waals surface area contributed by atoms with Crippen LogP contribution in [-0.2, 0) is 24.9 Å². The fraction of sp³-hybridized carbons (Fsp3) is 0.412. The van der Waals surface area contributed by atoms with Gasteiger partial charge < -0.3 is 18.9 Å². The molecular weight excluding hydrogens is 512 g/mol. The third-order valence-corrected chi connectivity index (χ3v) is 8.14. The first-order valence-electron chi connectivity index (χ1n) is 14.8. The Morgan fingerprint density at radius 2 is 1.78 bits per heavy atom. The van der Waals surface area contributed by atoms with Crippen molar-refractivity contribution in [3.63, 3.8) is 0 Å². The highest BCUT2D eigenvalue weighted by Crippen LogP contribution is 2.20. The van der Waals surface area contributed by atoms with Crippen molar-refractivity contribution < 1.29 is 9.47 Å². The molecular formula is C34H42N4O3. The van der Waals surface area contributed by atoms with E-state index in [4.69, 9.17) is 9.47 Å². The SMILES string of the molecule is Cc1ccccc1CN(CCCOc1ccc2c(ccc(=O)n2C)c1)CCN1CCC(OCc2ccncc2)CC1. The lowest BCUT2D eigenvalue weighted by Crippen LogP contribution is -2.41. The maximum absolute atomic E-state index is 11.9. The number of hydrogen-bond donors (Lipinski definition) is 0. The van der Waals surface area contributed by atoms with Gasteiger partial charge in [0.15, 0.2) is 0 Å². The van der Waals surface area contributed by atoms with Crippen LogP contribution >= 0.6 is 0 Å². The van der Waals surface area contributed by atoms with Gasteiger partial charge in [-0.1, -0.05) is 24.3 Å². The highest BCUT2D eigenvalue weighted by Gasteiger charge is 2.20. The monoisotopic (exact) mass is 554 g/mol. The summed E-state index contributed by atoms with van der Waals surface area (Å²) < 4.78 is 14.0. The summed E-state index contributed by atoms with van der Waals surface area (Å²) in [5, 5.41) is 1.01. The minimum absolute atomic E-state index is 0.00127. The zero-order valence-corrected chi connectivity index (χ0v) is 24.4. The average Bonchev–Trinajstić information content (AvgIpc) is 3.01.